The third-order valence-corrected chi connectivity index (χ3v) is 3.45. The Balaban J connectivity index is 1.79. The minimum atomic E-state index is -0.861. The van der Waals surface area contributed by atoms with Gasteiger partial charge in [-0.25, -0.2) is 0 Å². The molecule has 2 amide bonds. The minimum Gasteiger partial charge on any atom is -0.494 e. The number of amides is 2. The summed E-state index contributed by atoms with van der Waals surface area (Å²) in [6.45, 7) is 1.88. The second kappa shape index (κ2) is 9.26. The highest BCUT2D eigenvalue weighted by Gasteiger charge is 2.17. The number of benzene rings is 1. The number of rotatable bonds is 9. The lowest BCUT2D eigenvalue weighted by Crippen LogP contribution is -2.41. The second-order valence-corrected chi connectivity index (χ2v) is 5.57. The maximum atomic E-state index is 12.1. The van der Waals surface area contributed by atoms with Crippen LogP contribution < -0.4 is 15.4 Å². The van der Waals surface area contributed by atoms with Gasteiger partial charge in [-0.1, -0.05) is 0 Å². The molecule has 0 bridgehead atoms. The Kier molecular flexibility index (Phi) is 6.78. The van der Waals surface area contributed by atoms with E-state index in [-0.39, 0.29) is 12.3 Å². The Morgan fingerprint density at radius 1 is 1.19 bits per heavy atom. The number of nitrogens with one attached hydrogen (secondary N) is 2. The van der Waals surface area contributed by atoms with Gasteiger partial charge in [0.2, 0.25) is 5.91 Å². The Morgan fingerprint density at radius 2 is 1.92 bits per heavy atom. The molecule has 0 saturated carbocycles. The lowest BCUT2D eigenvalue weighted by molar-refractivity contribution is -0.137. The molecular formula is C18H20N2O6. The predicted molar refractivity (Wildman–Crippen MR) is 93.1 cm³/mol. The largest absolute Gasteiger partial charge is 0.494 e. The van der Waals surface area contributed by atoms with Gasteiger partial charge in [0.15, 0.2) is 0 Å². The van der Waals surface area contributed by atoms with E-state index in [9.17, 15) is 14.4 Å². The normalized spacial score (nSPS) is 11.4. The van der Waals surface area contributed by atoms with Crippen molar-refractivity contribution in [2.75, 3.05) is 11.9 Å². The van der Waals surface area contributed by atoms with Gasteiger partial charge in [0.1, 0.15) is 18.1 Å². The summed E-state index contributed by atoms with van der Waals surface area (Å²) in [6, 6.07) is 7.44. The zero-order valence-corrected chi connectivity index (χ0v) is 14.2. The van der Waals surface area contributed by atoms with Crippen LogP contribution in [0.3, 0.4) is 0 Å². The fraction of sp³-hybridized carbons (Fsp3) is 0.278. The standard InChI is InChI=1S/C18H20N2O6/c1-12(19-18(24)13-8-10-25-11-13)17(23)20-14-4-6-15(7-5-14)26-9-2-3-16(21)22/h4-8,10-12H,2-3,9H2,1H3,(H,19,24)(H,20,23)(H,21,22). The Labute approximate surface area is 150 Å². The lowest BCUT2D eigenvalue weighted by atomic mass is 10.2. The first-order valence-corrected chi connectivity index (χ1v) is 8.04. The average Bonchev–Trinajstić information content (AvgIpc) is 3.14. The molecule has 1 aromatic heterocycles. The molecule has 138 valence electrons. The molecule has 0 spiro atoms. The van der Waals surface area contributed by atoms with Crippen molar-refractivity contribution in [3.05, 3.63) is 48.4 Å². The van der Waals surface area contributed by atoms with Crippen LogP contribution in [0.5, 0.6) is 5.75 Å². The molecule has 2 aromatic rings. The second-order valence-electron chi connectivity index (χ2n) is 5.57. The van der Waals surface area contributed by atoms with Gasteiger partial charge in [-0.15, -0.1) is 0 Å². The van der Waals surface area contributed by atoms with Crippen LogP contribution in [0, 0.1) is 0 Å². The number of carbonyl (C=O) groups excluding carboxylic acids is 2. The molecule has 0 saturated heterocycles. The van der Waals surface area contributed by atoms with E-state index in [0.717, 1.165) is 0 Å². The number of ether oxygens (including phenoxy) is 1. The Morgan fingerprint density at radius 3 is 2.54 bits per heavy atom. The maximum absolute atomic E-state index is 12.1. The first-order chi connectivity index (χ1) is 12.5. The Hall–Kier alpha value is -3.29. The summed E-state index contributed by atoms with van der Waals surface area (Å²) in [5.74, 6) is -1.04. The molecule has 1 atom stereocenters. The van der Waals surface area contributed by atoms with E-state index < -0.39 is 17.9 Å². The van der Waals surface area contributed by atoms with Gasteiger partial charge in [0, 0.05) is 12.1 Å². The summed E-state index contributed by atoms with van der Waals surface area (Å²) in [4.78, 5) is 34.4. The predicted octanol–water partition coefficient (Wildman–Crippen LogP) is 2.28. The fourth-order valence-electron chi connectivity index (χ4n) is 2.04. The third-order valence-electron chi connectivity index (χ3n) is 3.45. The molecule has 0 aliphatic carbocycles. The molecular weight excluding hydrogens is 340 g/mol. The lowest BCUT2D eigenvalue weighted by Gasteiger charge is -2.14. The van der Waals surface area contributed by atoms with Gasteiger partial charge in [0.05, 0.1) is 18.4 Å². The smallest absolute Gasteiger partial charge is 0.303 e. The van der Waals surface area contributed by atoms with Crippen LogP contribution >= 0.6 is 0 Å². The highest BCUT2D eigenvalue weighted by Crippen LogP contribution is 2.16. The number of carboxylic acids is 1. The van der Waals surface area contributed by atoms with E-state index in [4.69, 9.17) is 14.3 Å². The molecule has 8 nitrogen and oxygen atoms in total. The van der Waals surface area contributed by atoms with Crippen LogP contribution in [0.4, 0.5) is 5.69 Å². The van der Waals surface area contributed by atoms with Crippen LogP contribution in [0.1, 0.15) is 30.1 Å². The number of carbonyl (C=O) groups is 3. The fourth-order valence-corrected chi connectivity index (χ4v) is 2.04. The molecule has 1 aromatic carbocycles. The van der Waals surface area contributed by atoms with Crippen molar-refractivity contribution < 1.29 is 28.6 Å². The number of furan rings is 1. The van der Waals surface area contributed by atoms with E-state index >= 15 is 0 Å². The summed E-state index contributed by atoms with van der Waals surface area (Å²) in [5, 5.41) is 13.8. The highest BCUT2D eigenvalue weighted by atomic mass is 16.5. The minimum absolute atomic E-state index is 0.0522. The van der Waals surface area contributed by atoms with E-state index in [1.165, 1.54) is 18.6 Å². The van der Waals surface area contributed by atoms with Crippen LogP contribution in [0.2, 0.25) is 0 Å². The van der Waals surface area contributed by atoms with Crippen molar-refractivity contribution in [1.82, 2.24) is 5.32 Å². The van der Waals surface area contributed by atoms with Gasteiger partial charge in [0.25, 0.3) is 5.91 Å². The van der Waals surface area contributed by atoms with Gasteiger partial charge in [-0.2, -0.15) is 0 Å². The van der Waals surface area contributed by atoms with Crippen molar-refractivity contribution in [3.63, 3.8) is 0 Å². The monoisotopic (exact) mass is 360 g/mol. The average molecular weight is 360 g/mol. The van der Waals surface area contributed by atoms with Gasteiger partial charge in [-0.3, -0.25) is 14.4 Å². The molecule has 8 heteroatoms. The number of anilines is 1. The SMILES string of the molecule is CC(NC(=O)c1ccoc1)C(=O)Nc1ccc(OCCCC(=O)O)cc1. The topological polar surface area (TPSA) is 118 Å². The van der Waals surface area contributed by atoms with E-state index in [1.54, 1.807) is 31.2 Å². The summed E-state index contributed by atoms with van der Waals surface area (Å²) < 4.78 is 10.2. The van der Waals surface area contributed by atoms with Crippen molar-refractivity contribution in [2.45, 2.75) is 25.8 Å². The molecule has 2 rings (SSSR count). The molecule has 1 heterocycles. The van der Waals surface area contributed by atoms with Crippen LogP contribution in [-0.4, -0.2) is 35.5 Å². The first kappa shape index (κ1) is 19.0. The highest BCUT2D eigenvalue weighted by molar-refractivity contribution is 6.00. The van der Waals surface area contributed by atoms with Crippen molar-refractivity contribution >= 4 is 23.5 Å². The van der Waals surface area contributed by atoms with Crippen molar-refractivity contribution in [3.8, 4) is 5.75 Å². The van der Waals surface area contributed by atoms with Crippen LogP contribution in [0.15, 0.2) is 47.3 Å². The molecule has 1 unspecified atom stereocenters. The summed E-state index contributed by atoms with van der Waals surface area (Å²) in [5.41, 5.74) is 0.895. The van der Waals surface area contributed by atoms with Crippen LogP contribution in [0.25, 0.3) is 0 Å². The van der Waals surface area contributed by atoms with Gasteiger partial charge in [-0.05, 0) is 43.7 Å². The van der Waals surface area contributed by atoms with Gasteiger partial charge < -0.3 is 24.9 Å². The molecule has 0 radical (unpaired) electrons. The van der Waals surface area contributed by atoms with Crippen molar-refractivity contribution in [1.29, 1.82) is 0 Å². The maximum Gasteiger partial charge on any atom is 0.303 e. The van der Waals surface area contributed by atoms with Crippen LogP contribution in [-0.2, 0) is 9.59 Å². The molecule has 3 N–H and O–H groups in total. The molecule has 0 aliphatic heterocycles. The first-order valence-electron chi connectivity index (χ1n) is 8.04. The zero-order valence-electron chi connectivity index (χ0n) is 14.2. The Bertz CT molecular complexity index is 740. The quantitative estimate of drug-likeness (QED) is 0.591. The molecule has 0 fully saturated rings. The van der Waals surface area contributed by atoms with Crippen molar-refractivity contribution in [2.24, 2.45) is 0 Å². The number of hydrogen-bond donors (Lipinski definition) is 3. The number of carboxylic acid groups (broad SMARTS) is 1. The summed E-state index contributed by atoms with van der Waals surface area (Å²) in [7, 11) is 0. The molecule has 0 aliphatic rings. The summed E-state index contributed by atoms with van der Waals surface area (Å²) >= 11 is 0. The number of hydrogen-bond acceptors (Lipinski definition) is 5. The van der Waals surface area contributed by atoms with E-state index in [2.05, 4.69) is 10.6 Å². The zero-order chi connectivity index (χ0) is 18.9. The van der Waals surface area contributed by atoms with Gasteiger partial charge >= 0.3 is 5.97 Å². The van der Waals surface area contributed by atoms with E-state index in [1.807, 2.05) is 0 Å². The van der Waals surface area contributed by atoms with E-state index in [0.29, 0.717) is 30.0 Å². The summed E-state index contributed by atoms with van der Waals surface area (Å²) in [6.07, 6.45) is 3.15. The third kappa shape index (κ3) is 5.97. The number of aliphatic carboxylic acids is 1. The molecule has 26 heavy (non-hydrogen) atoms.